The normalized spacial score (nSPS) is 10.3. The van der Waals surface area contributed by atoms with Gasteiger partial charge in [0.25, 0.3) is 11.6 Å². The van der Waals surface area contributed by atoms with E-state index in [0.717, 1.165) is 4.88 Å². The Kier molecular flexibility index (Phi) is 3.11. The number of nitrogens with zero attached hydrogens (tertiary/aromatic N) is 3. The van der Waals surface area contributed by atoms with Crippen molar-refractivity contribution in [1.29, 1.82) is 0 Å². The lowest BCUT2D eigenvalue weighted by Gasteiger charge is -2.01. The fourth-order valence-corrected chi connectivity index (χ4v) is 2.11. The standard InChI is InChI=1S/C10H10N4O3S/c1-6-4-11-10(18-6)12-9(15)8-3-7(14(16)17)5-13(8)2/h3-5H,1-2H3,(H,11,12,15). The monoisotopic (exact) mass is 266 g/mol. The van der Waals surface area contributed by atoms with Crippen LogP contribution >= 0.6 is 11.3 Å². The zero-order valence-electron chi connectivity index (χ0n) is 9.71. The molecule has 0 radical (unpaired) electrons. The van der Waals surface area contributed by atoms with Crippen molar-refractivity contribution < 1.29 is 9.72 Å². The number of hydrogen-bond acceptors (Lipinski definition) is 5. The van der Waals surface area contributed by atoms with Gasteiger partial charge in [0, 0.05) is 24.2 Å². The highest BCUT2D eigenvalue weighted by atomic mass is 32.1. The van der Waals surface area contributed by atoms with E-state index in [1.165, 1.54) is 28.2 Å². The SMILES string of the molecule is Cc1cnc(NC(=O)c2cc([N+](=O)[O-])cn2C)s1. The second kappa shape index (κ2) is 4.57. The highest BCUT2D eigenvalue weighted by Gasteiger charge is 2.18. The molecule has 0 unspecified atom stereocenters. The van der Waals surface area contributed by atoms with Gasteiger partial charge in [0.2, 0.25) is 0 Å². The van der Waals surface area contributed by atoms with E-state index in [-0.39, 0.29) is 11.4 Å². The summed E-state index contributed by atoms with van der Waals surface area (Å²) in [5.74, 6) is -0.417. The number of carbonyl (C=O) groups is 1. The number of hydrogen-bond donors (Lipinski definition) is 1. The maximum atomic E-state index is 11.9. The molecule has 94 valence electrons. The summed E-state index contributed by atoms with van der Waals surface area (Å²) in [5, 5.41) is 13.7. The van der Waals surface area contributed by atoms with Crippen molar-refractivity contribution in [3.63, 3.8) is 0 Å². The van der Waals surface area contributed by atoms with E-state index in [9.17, 15) is 14.9 Å². The molecule has 8 heteroatoms. The molecular weight excluding hydrogens is 256 g/mol. The smallest absolute Gasteiger partial charge is 0.287 e. The van der Waals surface area contributed by atoms with Crippen molar-refractivity contribution >= 4 is 28.1 Å². The van der Waals surface area contributed by atoms with E-state index >= 15 is 0 Å². The first-order valence-corrected chi connectivity index (χ1v) is 5.83. The molecule has 0 aliphatic carbocycles. The number of nitrogens with one attached hydrogen (secondary N) is 1. The fraction of sp³-hybridized carbons (Fsp3) is 0.200. The largest absolute Gasteiger partial charge is 0.340 e. The summed E-state index contributed by atoms with van der Waals surface area (Å²) in [6.45, 7) is 1.88. The Morgan fingerprint density at radius 1 is 1.61 bits per heavy atom. The molecule has 0 atom stereocenters. The lowest BCUT2D eigenvalue weighted by Crippen LogP contribution is -2.14. The van der Waals surface area contributed by atoms with E-state index in [1.54, 1.807) is 13.2 Å². The Balaban J connectivity index is 2.21. The van der Waals surface area contributed by atoms with Crippen molar-refractivity contribution in [2.45, 2.75) is 6.92 Å². The van der Waals surface area contributed by atoms with Crippen LogP contribution in [0.15, 0.2) is 18.5 Å². The van der Waals surface area contributed by atoms with E-state index in [4.69, 9.17) is 0 Å². The second-order valence-electron chi connectivity index (χ2n) is 3.68. The van der Waals surface area contributed by atoms with Crippen LogP contribution in [0.25, 0.3) is 0 Å². The van der Waals surface area contributed by atoms with Crippen LogP contribution in [0.3, 0.4) is 0 Å². The van der Waals surface area contributed by atoms with Crippen molar-refractivity contribution in [3.05, 3.63) is 39.1 Å². The van der Waals surface area contributed by atoms with Gasteiger partial charge in [-0.15, -0.1) is 11.3 Å². The number of amides is 1. The van der Waals surface area contributed by atoms with Crippen molar-refractivity contribution in [1.82, 2.24) is 9.55 Å². The number of aromatic nitrogens is 2. The number of rotatable bonds is 3. The molecule has 2 aromatic rings. The lowest BCUT2D eigenvalue weighted by atomic mass is 10.4. The average molecular weight is 266 g/mol. The molecule has 0 spiro atoms. The molecule has 0 fully saturated rings. The second-order valence-corrected chi connectivity index (χ2v) is 4.92. The summed E-state index contributed by atoms with van der Waals surface area (Å²) in [7, 11) is 1.58. The molecule has 1 N–H and O–H groups in total. The van der Waals surface area contributed by atoms with E-state index in [1.807, 2.05) is 6.92 Å². The van der Waals surface area contributed by atoms with Crippen molar-refractivity contribution in [2.24, 2.45) is 7.05 Å². The van der Waals surface area contributed by atoms with Crippen LogP contribution in [0.5, 0.6) is 0 Å². The van der Waals surface area contributed by atoms with Gasteiger partial charge >= 0.3 is 0 Å². The number of aryl methyl sites for hydroxylation is 2. The zero-order valence-corrected chi connectivity index (χ0v) is 10.5. The maximum Gasteiger partial charge on any atom is 0.287 e. The molecule has 2 heterocycles. The Labute approximate surface area is 106 Å². The Morgan fingerprint density at radius 2 is 2.33 bits per heavy atom. The molecule has 0 saturated heterocycles. The average Bonchev–Trinajstić information content (AvgIpc) is 2.85. The van der Waals surface area contributed by atoms with Gasteiger partial charge in [-0.1, -0.05) is 0 Å². The first kappa shape index (κ1) is 12.2. The summed E-state index contributed by atoms with van der Waals surface area (Å²) in [6, 6.07) is 1.23. The van der Waals surface area contributed by atoms with Gasteiger partial charge < -0.3 is 4.57 Å². The third kappa shape index (κ3) is 2.38. The van der Waals surface area contributed by atoms with Gasteiger partial charge in [0.15, 0.2) is 5.13 Å². The van der Waals surface area contributed by atoms with E-state index in [0.29, 0.717) is 5.13 Å². The van der Waals surface area contributed by atoms with Gasteiger partial charge in [-0.3, -0.25) is 20.2 Å². The topological polar surface area (TPSA) is 90.1 Å². The molecule has 1 amide bonds. The number of thiazole rings is 1. The number of anilines is 1. The van der Waals surface area contributed by atoms with Gasteiger partial charge in [-0.05, 0) is 6.92 Å². The van der Waals surface area contributed by atoms with Crippen LogP contribution in [0.2, 0.25) is 0 Å². The van der Waals surface area contributed by atoms with Gasteiger partial charge in [0.05, 0.1) is 11.1 Å². The minimum atomic E-state index is -0.537. The summed E-state index contributed by atoms with van der Waals surface area (Å²) < 4.78 is 1.41. The third-order valence-electron chi connectivity index (χ3n) is 2.28. The Bertz CT molecular complexity index is 616. The fourth-order valence-electron chi connectivity index (χ4n) is 1.45. The molecule has 0 aromatic carbocycles. The molecule has 0 saturated carbocycles. The minimum Gasteiger partial charge on any atom is -0.340 e. The zero-order chi connectivity index (χ0) is 13.3. The predicted molar refractivity (Wildman–Crippen MR) is 66.9 cm³/mol. The molecule has 7 nitrogen and oxygen atoms in total. The maximum absolute atomic E-state index is 11.9. The first-order valence-electron chi connectivity index (χ1n) is 5.02. The van der Waals surface area contributed by atoms with E-state index < -0.39 is 10.8 Å². The molecule has 18 heavy (non-hydrogen) atoms. The summed E-state index contributed by atoms with van der Waals surface area (Å²) in [5.41, 5.74) is 0.104. The third-order valence-corrected chi connectivity index (χ3v) is 3.10. The molecule has 2 aromatic heterocycles. The number of nitro groups is 1. The molecule has 0 aliphatic rings. The highest BCUT2D eigenvalue weighted by Crippen LogP contribution is 2.19. The van der Waals surface area contributed by atoms with Crippen LogP contribution in [-0.4, -0.2) is 20.4 Å². The Morgan fingerprint density at radius 3 is 2.83 bits per heavy atom. The van der Waals surface area contributed by atoms with Crippen LogP contribution in [0.4, 0.5) is 10.8 Å². The summed E-state index contributed by atoms with van der Waals surface area (Å²) >= 11 is 1.34. The lowest BCUT2D eigenvalue weighted by molar-refractivity contribution is -0.384. The highest BCUT2D eigenvalue weighted by molar-refractivity contribution is 7.15. The molecule has 0 bridgehead atoms. The van der Waals surface area contributed by atoms with Crippen molar-refractivity contribution in [3.8, 4) is 0 Å². The van der Waals surface area contributed by atoms with Crippen LogP contribution in [-0.2, 0) is 7.05 Å². The van der Waals surface area contributed by atoms with Crippen LogP contribution in [0.1, 0.15) is 15.4 Å². The van der Waals surface area contributed by atoms with Crippen LogP contribution < -0.4 is 5.32 Å². The Hall–Kier alpha value is -2.22. The van der Waals surface area contributed by atoms with Gasteiger partial charge in [-0.25, -0.2) is 4.98 Å². The summed E-state index contributed by atoms with van der Waals surface area (Å²) in [4.78, 5) is 26.9. The summed E-state index contributed by atoms with van der Waals surface area (Å²) in [6.07, 6.45) is 2.94. The molecular formula is C10H10N4O3S. The van der Waals surface area contributed by atoms with E-state index in [2.05, 4.69) is 10.3 Å². The quantitative estimate of drug-likeness (QED) is 0.679. The minimum absolute atomic E-state index is 0.113. The number of carbonyl (C=O) groups excluding carboxylic acids is 1. The van der Waals surface area contributed by atoms with Crippen molar-refractivity contribution in [2.75, 3.05) is 5.32 Å². The van der Waals surface area contributed by atoms with Gasteiger partial charge in [-0.2, -0.15) is 0 Å². The van der Waals surface area contributed by atoms with Crippen LogP contribution in [0, 0.1) is 17.0 Å². The van der Waals surface area contributed by atoms with Gasteiger partial charge in [0.1, 0.15) is 5.69 Å². The first-order chi connectivity index (χ1) is 8.47. The predicted octanol–water partition coefficient (Wildman–Crippen LogP) is 1.95. The molecule has 2 rings (SSSR count). The molecule has 0 aliphatic heterocycles.